The zero-order chi connectivity index (χ0) is 17.7. The van der Waals surface area contributed by atoms with Crippen LogP contribution in [0.5, 0.6) is 5.75 Å². The van der Waals surface area contributed by atoms with Gasteiger partial charge in [-0.15, -0.1) is 11.3 Å². The first-order valence-electron chi connectivity index (χ1n) is 7.94. The van der Waals surface area contributed by atoms with E-state index in [1.165, 1.54) is 11.3 Å². The third-order valence-corrected chi connectivity index (χ3v) is 4.87. The molecule has 128 valence electrons. The lowest BCUT2D eigenvalue weighted by atomic mass is 10.0. The number of Topliss-reactive ketones (excluding diaryl/α,β-unsaturated/α-hetero) is 1. The van der Waals surface area contributed by atoms with Crippen LogP contribution in [0.15, 0.2) is 30.3 Å². The maximum absolute atomic E-state index is 12.2. The molecule has 1 heterocycles. The molecule has 5 heteroatoms. The molecule has 0 spiro atoms. The van der Waals surface area contributed by atoms with Crippen LogP contribution in [0.25, 0.3) is 0 Å². The summed E-state index contributed by atoms with van der Waals surface area (Å²) in [4.78, 5) is 26.0. The summed E-state index contributed by atoms with van der Waals surface area (Å²) in [5.74, 6) is 0.635. The first-order chi connectivity index (χ1) is 11.4. The predicted octanol–water partition coefficient (Wildman–Crippen LogP) is 4.21. The Labute approximate surface area is 146 Å². The fourth-order valence-corrected chi connectivity index (χ4v) is 3.35. The Bertz CT molecular complexity index is 736. The van der Waals surface area contributed by atoms with Crippen LogP contribution in [-0.4, -0.2) is 18.8 Å². The van der Waals surface area contributed by atoms with Crippen molar-refractivity contribution in [1.82, 2.24) is 5.32 Å². The number of benzene rings is 1. The van der Waals surface area contributed by atoms with Gasteiger partial charge in [0.25, 0.3) is 0 Å². The van der Waals surface area contributed by atoms with E-state index in [9.17, 15) is 9.59 Å². The van der Waals surface area contributed by atoms with E-state index in [1.807, 2.05) is 51.1 Å². The number of ketones is 1. The number of carbonyl (C=O) groups is 2. The van der Waals surface area contributed by atoms with Crippen molar-refractivity contribution in [2.75, 3.05) is 7.11 Å². The minimum Gasteiger partial charge on any atom is -0.496 e. The molecule has 4 nitrogen and oxygen atoms in total. The summed E-state index contributed by atoms with van der Waals surface area (Å²) in [6.45, 7) is 5.88. The molecule has 1 atom stereocenters. The quantitative estimate of drug-likeness (QED) is 0.765. The van der Waals surface area contributed by atoms with Crippen LogP contribution in [0.2, 0.25) is 0 Å². The van der Waals surface area contributed by atoms with Crippen molar-refractivity contribution >= 4 is 23.0 Å². The van der Waals surface area contributed by atoms with E-state index in [0.717, 1.165) is 21.8 Å². The van der Waals surface area contributed by atoms with Crippen LogP contribution in [0, 0.1) is 13.8 Å². The number of carbonyl (C=O) groups excluding carboxylic acids is 2. The van der Waals surface area contributed by atoms with Crippen LogP contribution in [0.3, 0.4) is 0 Å². The molecule has 1 amide bonds. The topological polar surface area (TPSA) is 55.4 Å². The minimum absolute atomic E-state index is 0.0176. The SMILES string of the molecule is COc1ccc(C)cc1C(C)NC(=O)CCC(=O)c1ccc(C)s1. The average molecular weight is 345 g/mol. The Kier molecular flexibility index (Phi) is 6.15. The highest BCUT2D eigenvalue weighted by molar-refractivity contribution is 7.14. The second kappa shape index (κ2) is 8.11. The smallest absolute Gasteiger partial charge is 0.220 e. The van der Waals surface area contributed by atoms with Gasteiger partial charge >= 0.3 is 0 Å². The lowest BCUT2D eigenvalue weighted by Gasteiger charge is -2.18. The summed E-state index contributed by atoms with van der Waals surface area (Å²) >= 11 is 1.47. The highest BCUT2D eigenvalue weighted by Gasteiger charge is 2.16. The predicted molar refractivity (Wildman–Crippen MR) is 96.9 cm³/mol. The van der Waals surface area contributed by atoms with Gasteiger partial charge in [0.15, 0.2) is 5.78 Å². The minimum atomic E-state index is -0.175. The molecule has 2 aromatic rings. The molecule has 0 aliphatic carbocycles. The summed E-state index contributed by atoms with van der Waals surface area (Å²) < 4.78 is 5.36. The fraction of sp³-hybridized carbons (Fsp3) is 0.368. The maximum Gasteiger partial charge on any atom is 0.220 e. The van der Waals surface area contributed by atoms with E-state index >= 15 is 0 Å². The van der Waals surface area contributed by atoms with Crippen molar-refractivity contribution in [3.05, 3.63) is 51.2 Å². The summed E-state index contributed by atoms with van der Waals surface area (Å²) in [6.07, 6.45) is 0.414. The lowest BCUT2D eigenvalue weighted by Crippen LogP contribution is -2.27. The van der Waals surface area contributed by atoms with E-state index < -0.39 is 0 Å². The van der Waals surface area contributed by atoms with Gasteiger partial charge in [0, 0.05) is 23.3 Å². The molecule has 1 N–H and O–H groups in total. The summed E-state index contributed by atoms with van der Waals surface area (Å²) in [6, 6.07) is 9.44. The standard InChI is InChI=1S/C19H23NO3S/c1-12-5-8-17(23-4)15(11-12)14(3)20-19(22)10-7-16(21)18-9-6-13(2)24-18/h5-6,8-9,11,14H,7,10H2,1-4H3,(H,20,22). The molecule has 0 radical (unpaired) electrons. The Morgan fingerprint density at radius 3 is 2.54 bits per heavy atom. The number of ether oxygens (including phenoxy) is 1. The molecule has 1 unspecified atom stereocenters. The molecular weight excluding hydrogens is 322 g/mol. The molecule has 1 aromatic carbocycles. The number of amides is 1. The van der Waals surface area contributed by atoms with Gasteiger partial charge in [0.1, 0.15) is 5.75 Å². The number of aryl methyl sites for hydroxylation is 2. The second-order valence-corrected chi connectivity index (χ2v) is 7.16. The Morgan fingerprint density at radius 1 is 1.17 bits per heavy atom. The number of rotatable bonds is 7. The number of nitrogens with one attached hydrogen (secondary N) is 1. The fourth-order valence-electron chi connectivity index (χ4n) is 2.52. The van der Waals surface area contributed by atoms with Crippen LogP contribution in [0.1, 0.15) is 51.5 Å². The monoisotopic (exact) mass is 345 g/mol. The highest BCUT2D eigenvalue weighted by atomic mass is 32.1. The number of thiophene rings is 1. The maximum atomic E-state index is 12.2. The van der Waals surface area contributed by atoms with Gasteiger partial charge in [0.2, 0.25) is 5.91 Å². The van der Waals surface area contributed by atoms with Crippen LogP contribution in [-0.2, 0) is 4.79 Å². The van der Waals surface area contributed by atoms with Crippen molar-refractivity contribution < 1.29 is 14.3 Å². The molecule has 0 saturated heterocycles. The average Bonchev–Trinajstić information content (AvgIpc) is 2.99. The zero-order valence-electron chi connectivity index (χ0n) is 14.5. The van der Waals surface area contributed by atoms with E-state index in [-0.39, 0.29) is 30.6 Å². The Morgan fingerprint density at radius 2 is 1.92 bits per heavy atom. The number of methoxy groups -OCH3 is 1. The number of hydrogen-bond donors (Lipinski definition) is 1. The van der Waals surface area contributed by atoms with Gasteiger partial charge in [0.05, 0.1) is 18.0 Å². The summed E-state index contributed by atoms with van der Waals surface area (Å²) in [5, 5.41) is 2.94. The lowest BCUT2D eigenvalue weighted by molar-refractivity contribution is -0.121. The van der Waals surface area contributed by atoms with E-state index in [0.29, 0.717) is 4.88 Å². The normalized spacial score (nSPS) is 11.8. The van der Waals surface area contributed by atoms with Gasteiger partial charge in [-0.3, -0.25) is 9.59 Å². The third kappa shape index (κ3) is 4.68. The first kappa shape index (κ1) is 18.2. The molecule has 24 heavy (non-hydrogen) atoms. The van der Waals surface area contributed by atoms with Crippen molar-refractivity contribution in [2.24, 2.45) is 0 Å². The largest absolute Gasteiger partial charge is 0.496 e. The van der Waals surface area contributed by atoms with Gasteiger partial charge in [-0.05, 0) is 39.0 Å². The van der Waals surface area contributed by atoms with Gasteiger partial charge < -0.3 is 10.1 Å². The number of hydrogen-bond acceptors (Lipinski definition) is 4. The first-order valence-corrected chi connectivity index (χ1v) is 8.76. The van der Waals surface area contributed by atoms with E-state index in [2.05, 4.69) is 5.32 Å². The van der Waals surface area contributed by atoms with Crippen LogP contribution in [0.4, 0.5) is 0 Å². The van der Waals surface area contributed by atoms with Crippen molar-refractivity contribution in [3.8, 4) is 5.75 Å². The summed E-state index contributed by atoms with van der Waals surface area (Å²) in [7, 11) is 1.62. The molecular formula is C19H23NO3S. The molecule has 2 rings (SSSR count). The molecule has 0 aliphatic rings. The second-order valence-electron chi connectivity index (χ2n) is 5.87. The molecule has 0 fully saturated rings. The van der Waals surface area contributed by atoms with Crippen LogP contribution >= 0.6 is 11.3 Å². The molecule has 0 bridgehead atoms. The van der Waals surface area contributed by atoms with Crippen molar-refractivity contribution in [1.29, 1.82) is 0 Å². The Hall–Kier alpha value is -2.14. The zero-order valence-corrected chi connectivity index (χ0v) is 15.3. The van der Waals surface area contributed by atoms with Crippen molar-refractivity contribution in [2.45, 2.75) is 39.7 Å². The Balaban J connectivity index is 1.92. The van der Waals surface area contributed by atoms with E-state index in [4.69, 9.17) is 4.74 Å². The third-order valence-electron chi connectivity index (χ3n) is 3.82. The van der Waals surface area contributed by atoms with Gasteiger partial charge in [-0.2, -0.15) is 0 Å². The molecule has 1 aromatic heterocycles. The molecule has 0 saturated carbocycles. The van der Waals surface area contributed by atoms with Gasteiger partial charge in [-0.1, -0.05) is 17.7 Å². The van der Waals surface area contributed by atoms with Gasteiger partial charge in [-0.25, -0.2) is 0 Å². The highest BCUT2D eigenvalue weighted by Crippen LogP contribution is 2.26. The van der Waals surface area contributed by atoms with Crippen LogP contribution < -0.4 is 10.1 Å². The summed E-state index contributed by atoms with van der Waals surface area (Å²) in [5.41, 5.74) is 2.04. The molecule has 0 aliphatic heterocycles. The van der Waals surface area contributed by atoms with E-state index in [1.54, 1.807) is 7.11 Å². The van der Waals surface area contributed by atoms with Crippen molar-refractivity contribution in [3.63, 3.8) is 0 Å².